The van der Waals surface area contributed by atoms with Crippen LogP contribution in [0, 0.1) is 11.3 Å². The third-order valence-corrected chi connectivity index (χ3v) is 7.01. The second kappa shape index (κ2) is 10.2. The van der Waals surface area contributed by atoms with E-state index in [-0.39, 0.29) is 29.7 Å². The molecule has 0 aromatic heterocycles. The third-order valence-electron chi connectivity index (χ3n) is 7.01. The van der Waals surface area contributed by atoms with Crippen molar-refractivity contribution in [1.82, 2.24) is 20.9 Å². The molecule has 0 bridgehead atoms. The number of nitrogens with zero attached hydrogens (tertiary/aromatic N) is 1. The Bertz CT molecular complexity index is 879. The Morgan fingerprint density at radius 1 is 1.15 bits per heavy atom. The van der Waals surface area contributed by atoms with Gasteiger partial charge in [-0.25, -0.2) is 0 Å². The minimum atomic E-state index is -0.711. The Morgan fingerprint density at radius 2 is 1.85 bits per heavy atom. The summed E-state index contributed by atoms with van der Waals surface area (Å²) in [5.74, 6) is -0.293. The predicted molar refractivity (Wildman–Crippen MR) is 129 cm³/mol. The van der Waals surface area contributed by atoms with Crippen molar-refractivity contribution in [2.75, 3.05) is 13.6 Å². The minimum absolute atomic E-state index is 0.0232. The Hall–Kier alpha value is -2.41. The summed E-state index contributed by atoms with van der Waals surface area (Å²) in [6.07, 6.45) is 3.60. The van der Waals surface area contributed by atoms with E-state index < -0.39 is 23.5 Å². The first-order chi connectivity index (χ1) is 15.5. The molecule has 33 heavy (non-hydrogen) atoms. The van der Waals surface area contributed by atoms with Crippen molar-refractivity contribution in [2.24, 2.45) is 11.3 Å². The molecular formula is C26H40N4O3. The summed E-state index contributed by atoms with van der Waals surface area (Å²) in [4.78, 5) is 41.4. The molecule has 7 nitrogen and oxygen atoms in total. The number of rotatable bonds is 6. The van der Waals surface area contributed by atoms with Gasteiger partial charge in [0.2, 0.25) is 17.7 Å². The largest absolute Gasteiger partial charge is 0.347 e. The van der Waals surface area contributed by atoms with E-state index in [0.717, 1.165) is 19.3 Å². The molecule has 1 fully saturated rings. The van der Waals surface area contributed by atoms with Crippen molar-refractivity contribution < 1.29 is 14.4 Å². The van der Waals surface area contributed by atoms with E-state index in [9.17, 15) is 14.4 Å². The van der Waals surface area contributed by atoms with Gasteiger partial charge in [0.05, 0.1) is 12.1 Å². The fourth-order valence-electron chi connectivity index (χ4n) is 4.92. The van der Waals surface area contributed by atoms with Crippen molar-refractivity contribution in [2.45, 2.75) is 84.5 Å². The van der Waals surface area contributed by atoms with Crippen LogP contribution in [-0.2, 0) is 20.8 Å². The lowest BCUT2D eigenvalue weighted by Gasteiger charge is -2.36. The minimum Gasteiger partial charge on any atom is -0.347 e. The Labute approximate surface area is 198 Å². The van der Waals surface area contributed by atoms with Gasteiger partial charge in [0.1, 0.15) is 12.1 Å². The van der Waals surface area contributed by atoms with E-state index in [1.54, 1.807) is 18.9 Å². The van der Waals surface area contributed by atoms with E-state index in [4.69, 9.17) is 0 Å². The van der Waals surface area contributed by atoms with Crippen LogP contribution in [0.1, 0.15) is 71.0 Å². The molecule has 3 N–H and O–H groups in total. The van der Waals surface area contributed by atoms with E-state index >= 15 is 0 Å². The van der Waals surface area contributed by atoms with E-state index in [2.05, 4.69) is 35.0 Å². The Kier molecular flexibility index (Phi) is 7.83. The fourth-order valence-corrected chi connectivity index (χ4v) is 4.92. The van der Waals surface area contributed by atoms with Crippen LogP contribution in [0.4, 0.5) is 0 Å². The van der Waals surface area contributed by atoms with Gasteiger partial charge in [0.25, 0.3) is 0 Å². The summed E-state index contributed by atoms with van der Waals surface area (Å²) in [6, 6.07) is 6.60. The molecule has 1 heterocycles. The van der Waals surface area contributed by atoms with Gasteiger partial charge in [0, 0.05) is 6.54 Å². The SMILES string of the molecule is CN[C@@H](C)C(=O)N[C@H](C(=O)N1C[C@@H](C)C[C@H]1C(=O)NC1CCCc2ccccc21)C(C)(C)C. The number of nitrogens with one attached hydrogen (secondary N) is 3. The highest BCUT2D eigenvalue weighted by Gasteiger charge is 2.44. The van der Waals surface area contributed by atoms with E-state index in [0.29, 0.717) is 13.0 Å². The summed E-state index contributed by atoms with van der Waals surface area (Å²) >= 11 is 0. The molecule has 2 aliphatic rings. The van der Waals surface area contributed by atoms with Crippen molar-refractivity contribution in [3.8, 4) is 0 Å². The number of carbonyl (C=O) groups excluding carboxylic acids is 3. The number of fused-ring (bicyclic) bond motifs is 1. The van der Waals surface area contributed by atoms with Crippen LogP contribution < -0.4 is 16.0 Å². The van der Waals surface area contributed by atoms with Crippen LogP contribution in [0.3, 0.4) is 0 Å². The van der Waals surface area contributed by atoms with Crippen LogP contribution in [0.5, 0.6) is 0 Å². The standard InChI is InChI=1S/C26H40N4O3/c1-16-14-21(24(32)28-20-13-9-11-18-10-7-8-12-19(18)20)30(15-16)25(33)22(26(3,4)5)29-23(31)17(2)27-6/h7-8,10,12,16-17,20-22,27H,9,11,13-15H2,1-6H3,(H,28,32)(H,29,31)/t16-,17-,20?,21-,22+/m0/s1. The van der Waals surface area contributed by atoms with Gasteiger partial charge in [-0.3, -0.25) is 14.4 Å². The smallest absolute Gasteiger partial charge is 0.246 e. The lowest BCUT2D eigenvalue weighted by Crippen LogP contribution is -2.59. The molecule has 182 valence electrons. The number of likely N-dealkylation sites (tertiary alicyclic amines) is 1. The molecule has 7 heteroatoms. The van der Waals surface area contributed by atoms with Gasteiger partial charge in [-0.15, -0.1) is 0 Å². The first-order valence-corrected chi connectivity index (χ1v) is 12.2. The maximum Gasteiger partial charge on any atom is 0.246 e. The zero-order valence-corrected chi connectivity index (χ0v) is 20.9. The highest BCUT2D eigenvalue weighted by atomic mass is 16.2. The molecule has 3 rings (SSSR count). The molecule has 1 aromatic carbocycles. The second-order valence-corrected chi connectivity index (χ2v) is 10.8. The summed E-state index contributed by atoms with van der Waals surface area (Å²) < 4.78 is 0. The van der Waals surface area contributed by atoms with Crippen LogP contribution in [0.25, 0.3) is 0 Å². The lowest BCUT2D eigenvalue weighted by molar-refractivity contribution is -0.144. The molecule has 1 unspecified atom stereocenters. The van der Waals surface area contributed by atoms with Crippen LogP contribution in [-0.4, -0.2) is 54.3 Å². The number of likely N-dealkylation sites (N-methyl/N-ethyl adjacent to an activating group) is 1. The number of benzene rings is 1. The third kappa shape index (κ3) is 5.75. The monoisotopic (exact) mass is 456 g/mol. The topological polar surface area (TPSA) is 90.5 Å². The molecule has 1 aliphatic carbocycles. The van der Waals surface area contributed by atoms with Gasteiger partial charge in [-0.05, 0) is 62.1 Å². The summed E-state index contributed by atoms with van der Waals surface area (Å²) in [6.45, 7) is 10.2. The number of carbonyl (C=O) groups is 3. The Morgan fingerprint density at radius 3 is 2.52 bits per heavy atom. The molecule has 1 aromatic rings. The summed E-state index contributed by atoms with van der Waals surface area (Å²) in [7, 11) is 1.71. The van der Waals surface area contributed by atoms with E-state index in [1.165, 1.54) is 11.1 Å². The average molecular weight is 457 g/mol. The maximum atomic E-state index is 13.7. The summed E-state index contributed by atoms with van der Waals surface area (Å²) in [5, 5.41) is 9.08. The van der Waals surface area contributed by atoms with E-state index in [1.807, 2.05) is 32.9 Å². The van der Waals surface area contributed by atoms with Gasteiger partial charge in [-0.1, -0.05) is 52.0 Å². The molecule has 1 saturated heterocycles. The quantitative estimate of drug-likeness (QED) is 0.614. The van der Waals surface area contributed by atoms with Gasteiger partial charge in [-0.2, -0.15) is 0 Å². The molecule has 0 spiro atoms. The molecular weight excluding hydrogens is 416 g/mol. The number of hydrogen-bond donors (Lipinski definition) is 3. The highest BCUT2D eigenvalue weighted by molar-refractivity contribution is 5.94. The van der Waals surface area contributed by atoms with Gasteiger partial charge in [0.15, 0.2) is 0 Å². The zero-order chi connectivity index (χ0) is 24.3. The van der Waals surface area contributed by atoms with Crippen molar-refractivity contribution >= 4 is 17.7 Å². The van der Waals surface area contributed by atoms with Crippen molar-refractivity contribution in [1.29, 1.82) is 0 Å². The second-order valence-electron chi connectivity index (χ2n) is 10.8. The predicted octanol–water partition coefficient (Wildman–Crippen LogP) is 2.56. The lowest BCUT2D eigenvalue weighted by atomic mass is 9.85. The number of amides is 3. The molecule has 5 atom stereocenters. The van der Waals surface area contributed by atoms with Crippen LogP contribution in [0.15, 0.2) is 24.3 Å². The molecule has 0 radical (unpaired) electrons. The molecule has 3 amide bonds. The van der Waals surface area contributed by atoms with Crippen LogP contribution >= 0.6 is 0 Å². The normalized spacial score (nSPS) is 24.5. The Balaban J connectivity index is 1.78. The molecule has 0 saturated carbocycles. The number of aryl methyl sites for hydroxylation is 1. The zero-order valence-electron chi connectivity index (χ0n) is 20.9. The maximum absolute atomic E-state index is 13.7. The molecule has 1 aliphatic heterocycles. The first kappa shape index (κ1) is 25.2. The van der Waals surface area contributed by atoms with Gasteiger partial charge < -0.3 is 20.9 Å². The van der Waals surface area contributed by atoms with Gasteiger partial charge >= 0.3 is 0 Å². The summed E-state index contributed by atoms with van der Waals surface area (Å²) in [5.41, 5.74) is 1.98. The van der Waals surface area contributed by atoms with Crippen molar-refractivity contribution in [3.63, 3.8) is 0 Å². The first-order valence-electron chi connectivity index (χ1n) is 12.2. The average Bonchev–Trinajstić information content (AvgIpc) is 3.17. The number of hydrogen-bond acceptors (Lipinski definition) is 4. The van der Waals surface area contributed by atoms with Crippen LogP contribution in [0.2, 0.25) is 0 Å². The van der Waals surface area contributed by atoms with Crippen molar-refractivity contribution in [3.05, 3.63) is 35.4 Å². The highest BCUT2D eigenvalue weighted by Crippen LogP contribution is 2.32. The fraction of sp³-hybridized carbons (Fsp3) is 0.654.